The van der Waals surface area contributed by atoms with Crippen molar-refractivity contribution in [1.82, 2.24) is 0 Å². The van der Waals surface area contributed by atoms with Crippen LogP contribution in [0.15, 0.2) is 23.3 Å². The molecule has 0 heterocycles. The topological polar surface area (TPSA) is 71.4 Å². The number of ketones is 2. The van der Waals surface area contributed by atoms with Gasteiger partial charge in [-0.25, -0.2) is 0 Å². The monoisotopic (exact) mass is 334 g/mol. The van der Waals surface area contributed by atoms with E-state index in [0.717, 1.165) is 62.5 Å². The molecule has 1 N–H and O–H groups in total. The fourth-order valence-corrected chi connectivity index (χ4v) is 2.97. The molecular weight excluding hydrogens is 304 g/mol. The maximum atomic E-state index is 12.0. The molecule has 4 nitrogen and oxygen atoms in total. The van der Waals surface area contributed by atoms with Gasteiger partial charge in [-0.3, -0.25) is 14.4 Å². The smallest absolute Gasteiger partial charge is 0.303 e. The van der Waals surface area contributed by atoms with Crippen LogP contribution in [0.2, 0.25) is 0 Å². The first kappa shape index (κ1) is 20.3. The average Bonchev–Trinajstić information content (AvgIpc) is 2.89. The molecule has 0 atom stereocenters. The van der Waals surface area contributed by atoms with E-state index < -0.39 is 5.97 Å². The van der Waals surface area contributed by atoms with Gasteiger partial charge in [0.1, 0.15) is 0 Å². The molecule has 0 aromatic heterocycles. The van der Waals surface area contributed by atoms with Gasteiger partial charge in [0.15, 0.2) is 11.6 Å². The van der Waals surface area contributed by atoms with Crippen molar-refractivity contribution in [2.75, 3.05) is 0 Å². The quantitative estimate of drug-likeness (QED) is 0.389. The van der Waals surface area contributed by atoms with Crippen molar-refractivity contribution < 1.29 is 19.5 Å². The van der Waals surface area contributed by atoms with Crippen molar-refractivity contribution in [3.05, 3.63) is 23.3 Å². The molecule has 0 unspecified atom stereocenters. The number of carboxylic acids is 1. The van der Waals surface area contributed by atoms with Crippen molar-refractivity contribution >= 4 is 17.5 Å². The van der Waals surface area contributed by atoms with Crippen LogP contribution in [0.1, 0.15) is 84.0 Å². The number of aliphatic carboxylic acids is 1. The van der Waals surface area contributed by atoms with E-state index in [-0.39, 0.29) is 18.0 Å². The molecule has 1 aliphatic rings. The summed E-state index contributed by atoms with van der Waals surface area (Å²) in [6, 6.07) is 0. The van der Waals surface area contributed by atoms with Gasteiger partial charge in [-0.1, -0.05) is 38.7 Å². The predicted molar refractivity (Wildman–Crippen MR) is 94.9 cm³/mol. The predicted octanol–water partition coefficient (Wildman–Crippen LogP) is 4.78. The van der Waals surface area contributed by atoms with Crippen LogP contribution in [0, 0.1) is 0 Å². The maximum absolute atomic E-state index is 12.0. The Labute approximate surface area is 145 Å². The Kier molecular flexibility index (Phi) is 9.97. The van der Waals surface area contributed by atoms with Gasteiger partial charge in [0.2, 0.25) is 0 Å². The van der Waals surface area contributed by atoms with Crippen LogP contribution in [0.3, 0.4) is 0 Å². The minimum atomic E-state index is -0.750. The third-order valence-corrected chi connectivity index (χ3v) is 4.41. The van der Waals surface area contributed by atoms with E-state index in [1.807, 2.05) is 6.08 Å². The Bertz CT molecular complexity index is 500. The van der Waals surface area contributed by atoms with Crippen molar-refractivity contribution in [3.63, 3.8) is 0 Å². The first-order valence-electron chi connectivity index (χ1n) is 9.22. The third-order valence-electron chi connectivity index (χ3n) is 4.41. The van der Waals surface area contributed by atoms with E-state index in [0.29, 0.717) is 19.3 Å². The number of rotatable bonds is 13. The molecule has 0 spiro atoms. The molecule has 1 aliphatic carbocycles. The van der Waals surface area contributed by atoms with Crippen molar-refractivity contribution in [3.8, 4) is 0 Å². The van der Waals surface area contributed by atoms with E-state index in [2.05, 4.69) is 6.92 Å². The van der Waals surface area contributed by atoms with Gasteiger partial charge in [-0.05, 0) is 49.3 Å². The number of allylic oxidation sites excluding steroid dienone is 4. The highest BCUT2D eigenvalue weighted by Crippen LogP contribution is 2.28. The molecule has 0 bridgehead atoms. The van der Waals surface area contributed by atoms with E-state index in [9.17, 15) is 14.4 Å². The average molecular weight is 334 g/mol. The molecule has 0 saturated carbocycles. The fourth-order valence-electron chi connectivity index (χ4n) is 2.97. The van der Waals surface area contributed by atoms with Gasteiger partial charge in [-0.2, -0.15) is 0 Å². The summed E-state index contributed by atoms with van der Waals surface area (Å²) in [7, 11) is 0. The van der Waals surface area contributed by atoms with Crippen LogP contribution in [-0.2, 0) is 14.4 Å². The Morgan fingerprint density at radius 1 is 1.00 bits per heavy atom. The highest BCUT2D eigenvalue weighted by molar-refractivity contribution is 5.99. The summed E-state index contributed by atoms with van der Waals surface area (Å²) < 4.78 is 0. The molecule has 1 rings (SSSR count). The number of carboxylic acid groups (broad SMARTS) is 1. The number of unbranched alkanes of at least 4 members (excludes halogenated alkanes) is 5. The zero-order chi connectivity index (χ0) is 17.8. The zero-order valence-corrected chi connectivity index (χ0v) is 14.8. The van der Waals surface area contributed by atoms with E-state index in [1.165, 1.54) is 0 Å². The fraction of sp³-hybridized carbons (Fsp3) is 0.650. The van der Waals surface area contributed by atoms with Crippen molar-refractivity contribution in [2.45, 2.75) is 84.0 Å². The Balaban J connectivity index is 2.40. The third kappa shape index (κ3) is 8.23. The molecule has 0 fully saturated rings. The Morgan fingerprint density at radius 3 is 2.42 bits per heavy atom. The lowest BCUT2D eigenvalue weighted by atomic mass is 10.0. The lowest BCUT2D eigenvalue weighted by molar-refractivity contribution is -0.137. The van der Waals surface area contributed by atoms with E-state index in [4.69, 9.17) is 5.11 Å². The molecule has 0 radical (unpaired) electrons. The summed E-state index contributed by atoms with van der Waals surface area (Å²) in [4.78, 5) is 34.3. The summed E-state index contributed by atoms with van der Waals surface area (Å²) in [5.74, 6) is -0.401. The second-order valence-electron chi connectivity index (χ2n) is 6.49. The minimum absolute atomic E-state index is 0.142. The summed E-state index contributed by atoms with van der Waals surface area (Å²) in [6.07, 6.45) is 12.9. The molecule has 0 saturated heterocycles. The lowest BCUT2D eigenvalue weighted by Gasteiger charge is -2.03. The Hall–Kier alpha value is -1.71. The van der Waals surface area contributed by atoms with Gasteiger partial charge in [0, 0.05) is 19.3 Å². The summed E-state index contributed by atoms with van der Waals surface area (Å²) in [5.41, 5.74) is 1.90. The second-order valence-corrected chi connectivity index (χ2v) is 6.49. The van der Waals surface area contributed by atoms with E-state index >= 15 is 0 Å². The van der Waals surface area contributed by atoms with Crippen molar-refractivity contribution in [1.29, 1.82) is 0 Å². The highest BCUT2D eigenvalue weighted by Gasteiger charge is 2.20. The molecule has 0 aromatic rings. The number of hydrogen-bond donors (Lipinski definition) is 1. The zero-order valence-electron chi connectivity index (χ0n) is 14.8. The largest absolute Gasteiger partial charge is 0.481 e. The number of Topliss-reactive ketones (excluding diaryl/α,β-unsaturated/α-hetero) is 1. The second kappa shape index (κ2) is 11.8. The molecule has 0 aromatic carbocycles. The molecule has 4 heteroatoms. The maximum Gasteiger partial charge on any atom is 0.303 e. The van der Waals surface area contributed by atoms with Gasteiger partial charge in [-0.15, -0.1) is 0 Å². The van der Waals surface area contributed by atoms with E-state index in [1.54, 1.807) is 6.08 Å². The van der Waals surface area contributed by atoms with Crippen LogP contribution in [0.5, 0.6) is 0 Å². The minimum Gasteiger partial charge on any atom is -0.481 e. The summed E-state index contributed by atoms with van der Waals surface area (Å²) >= 11 is 0. The van der Waals surface area contributed by atoms with Gasteiger partial charge in [0.25, 0.3) is 0 Å². The van der Waals surface area contributed by atoms with Gasteiger partial charge >= 0.3 is 5.97 Å². The molecular formula is C20H30O4. The number of carbonyl (C=O) groups excluding carboxylic acids is 2. The number of hydrogen-bond acceptors (Lipinski definition) is 3. The van der Waals surface area contributed by atoms with Gasteiger partial charge in [0.05, 0.1) is 0 Å². The molecule has 24 heavy (non-hydrogen) atoms. The molecule has 0 aliphatic heterocycles. The normalized spacial score (nSPS) is 14.8. The highest BCUT2D eigenvalue weighted by atomic mass is 16.4. The number of carbonyl (C=O) groups is 3. The lowest BCUT2D eigenvalue weighted by Crippen LogP contribution is -1.97. The summed E-state index contributed by atoms with van der Waals surface area (Å²) in [5, 5.41) is 8.60. The SMILES string of the molecule is CCCCCC(=O)/C=C/C1=C(CCCCCCC(=O)O)C(=O)CC1. The van der Waals surface area contributed by atoms with Crippen molar-refractivity contribution in [2.24, 2.45) is 0 Å². The molecule has 0 amide bonds. The van der Waals surface area contributed by atoms with Gasteiger partial charge < -0.3 is 5.11 Å². The van der Waals surface area contributed by atoms with Crippen LogP contribution in [-0.4, -0.2) is 22.6 Å². The van der Waals surface area contributed by atoms with Crippen LogP contribution < -0.4 is 0 Å². The van der Waals surface area contributed by atoms with Crippen LogP contribution in [0.25, 0.3) is 0 Å². The first-order valence-corrected chi connectivity index (χ1v) is 9.22. The Morgan fingerprint density at radius 2 is 1.71 bits per heavy atom. The first-order chi connectivity index (χ1) is 11.5. The standard InChI is InChI=1S/C20H30O4/c1-2-3-6-9-17(21)14-12-16-13-15-19(22)18(16)10-7-4-5-8-11-20(23)24/h12,14H,2-11,13,15H2,1H3,(H,23,24)/b14-12+. The van der Waals surface area contributed by atoms with Crippen LogP contribution >= 0.6 is 0 Å². The molecule has 134 valence electrons. The van der Waals surface area contributed by atoms with Crippen LogP contribution in [0.4, 0.5) is 0 Å². The summed E-state index contributed by atoms with van der Waals surface area (Å²) in [6.45, 7) is 2.11.